The van der Waals surface area contributed by atoms with Crippen LogP contribution in [-0.4, -0.2) is 57.7 Å². The second-order valence-electron chi connectivity index (χ2n) is 6.11. The number of hydrogen-bond acceptors (Lipinski definition) is 6. The predicted octanol–water partition coefficient (Wildman–Crippen LogP) is 1.95. The van der Waals surface area contributed by atoms with Crippen LogP contribution in [0.2, 0.25) is 0 Å². The number of amides is 1. The highest BCUT2D eigenvalue weighted by molar-refractivity contribution is 7.99. The lowest BCUT2D eigenvalue weighted by atomic mass is 9.97. The Balaban J connectivity index is 0.00000225. The quantitative estimate of drug-likeness (QED) is 0.871. The SMILES string of the molecule is CN(C)C(=O)c1ccc(Sc2nnc(C3CCNCC3)n2C)nc1.Cl. The minimum absolute atomic E-state index is 0. The first-order valence-corrected chi connectivity index (χ1v) is 8.83. The van der Waals surface area contributed by atoms with Gasteiger partial charge < -0.3 is 14.8 Å². The van der Waals surface area contributed by atoms with Crippen LogP contribution in [0, 0.1) is 0 Å². The molecule has 1 fully saturated rings. The Morgan fingerprint density at radius 3 is 2.60 bits per heavy atom. The van der Waals surface area contributed by atoms with E-state index in [-0.39, 0.29) is 18.3 Å². The maximum absolute atomic E-state index is 11.9. The second-order valence-corrected chi connectivity index (χ2v) is 7.10. The first kappa shape index (κ1) is 19.7. The van der Waals surface area contributed by atoms with Gasteiger partial charge in [-0.3, -0.25) is 4.79 Å². The van der Waals surface area contributed by atoms with E-state index in [1.807, 2.05) is 13.1 Å². The average Bonchev–Trinajstić information content (AvgIpc) is 2.96. The molecule has 2 aromatic heterocycles. The Kier molecular flexibility index (Phi) is 6.80. The molecule has 2 aromatic rings. The van der Waals surface area contributed by atoms with Crippen LogP contribution < -0.4 is 5.32 Å². The fourth-order valence-corrected chi connectivity index (χ4v) is 3.51. The minimum Gasteiger partial charge on any atom is -0.345 e. The van der Waals surface area contributed by atoms with E-state index in [1.54, 1.807) is 26.4 Å². The van der Waals surface area contributed by atoms with Crippen molar-refractivity contribution in [2.24, 2.45) is 7.05 Å². The lowest BCUT2D eigenvalue weighted by molar-refractivity contribution is 0.0827. The lowest BCUT2D eigenvalue weighted by Gasteiger charge is -2.21. The van der Waals surface area contributed by atoms with Gasteiger partial charge in [0.1, 0.15) is 10.9 Å². The maximum Gasteiger partial charge on any atom is 0.254 e. The van der Waals surface area contributed by atoms with Gasteiger partial charge in [-0.15, -0.1) is 22.6 Å². The van der Waals surface area contributed by atoms with Gasteiger partial charge in [-0.2, -0.15) is 0 Å². The molecule has 0 atom stereocenters. The van der Waals surface area contributed by atoms with Crippen molar-refractivity contribution >= 4 is 30.1 Å². The Bertz CT molecular complexity index is 712. The topological polar surface area (TPSA) is 75.9 Å². The van der Waals surface area contributed by atoms with Crippen LogP contribution in [0.15, 0.2) is 28.5 Å². The van der Waals surface area contributed by atoms with Crippen LogP contribution in [0.25, 0.3) is 0 Å². The first-order chi connectivity index (χ1) is 11.6. The molecule has 136 valence electrons. The number of rotatable bonds is 4. The summed E-state index contributed by atoms with van der Waals surface area (Å²) in [6, 6.07) is 3.64. The summed E-state index contributed by atoms with van der Waals surface area (Å²) < 4.78 is 2.06. The van der Waals surface area contributed by atoms with Gasteiger partial charge in [0.25, 0.3) is 5.91 Å². The molecule has 0 saturated carbocycles. The molecule has 0 aromatic carbocycles. The monoisotopic (exact) mass is 382 g/mol. The standard InChI is InChI=1S/C16H22N6OS.ClH/c1-21(2)15(23)12-4-5-13(18-10-12)24-16-20-19-14(22(16)3)11-6-8-17-9-7-11;/h4-5,10-11,17H,6-9H2,1-3H3;1H. The summed E-state index contributed by atoms with van der Waals surface area (Å²) in [7, 11) is 5.46. The Labute approximate surface area is 158 Å². The van der Waals surface area contributed by atoms with Crippen LogP contribution >= 0.6 is 24.2 Å². The third kappa shape index (κ3) is 4.50. The molecule has 0 bridgehead atoms. The molecular weight excluding hydrogens is 360 g/mol. The Hall–Kier alpha value is -1.64. The van der Waals surface area contributed by atoms with E-state index in [2.05, 4.69) is 25.1 Å². The van der Waals surface area contributed by atoms with E-state index >= 15 is 0 Å². The van der Waals surface area contributed by atoms with E-state index in [0.29, 0.717) is 11.5 Å². The van der Waals surface area contributed by atoms with E-state index in [0.717, 1.165) is 41.9 Å². The average molecular weight is 383 g/mol. The molecule has 0 radical (unpaired) electrons. The fourth-order valence-electron chi connectivity index (χ4n) is 2.77. The van der Waals surface area contributed by atoms with Crippen molar-refractivity contribution in [3.05, 3.63) is 29.7 Å². The number of pyridine rings is 1. The minimum atomic E-state index is -0.0501. The van der Waals surface area contributed by atoms with E-state index in [1.165, 1.54) is 16.7 Å². The van der Waals surface area contributed by atoms with Gasteiger partial charge >= 0.3 is 0 Å². The van der Waals surface area contributed by atoms with E-state index < -0.39 is 0 Å². The summed E-state index contributed by atoms with van der Waals surface area (Å²) in [5.74, 6) is 1.45. The largest absolute Gasteiger partial charge is 0.345 e. The van der Waals surface area contributed by atoms with Gasteiger partial charge in [-0.05, 0) is 49.8 Å². The van der Waals surface area contributed by atoms with Crippen LogP contribution in [0.1, 0.15) is 34.9 Å². The van der Waals surface area contributed by atoms with Crippen LogP contribution in [0.3, 0.4) is 0 Å². The number of aromatic nitrogens is 4. The molecule has 1 amide bonds. The van der Waals surface area contributed by atoms with Gasteiger partial charge in [0.05, 0.1) is 5.56 Å². The number of halogens is 1. The van der Waals surface area contributed by atoms with Crippen molar-refractivity contribution in [1.82, 2.24) is 30.0 Å². The maximum atomic E-state index is 11.9. The summed E-state index contributed by atoms with van der Waals surface area (Å²) in [5, 5.41) is 13.7. The summed E-state index contributed by atoms with van der Waals surface area (Å²) >= 11 is 1.47. The molecule has 3 heterocycles. The van der Waals surface area contributed by atoms with Crippen molar-refractivity contribution in [3.8, 4) is 0 Å². The molecular formula is C16H23ClN6OS. The number of carbonyl (C=O) groups excluding carboxylic acids is 1. The third-order valence-corrected chi connectivity index (χ3v) is 5.15. The normalized spacial score (nSPS) is 14.8. The molecule has 0 spiro atoms. The van der Waals surface area contributed by atoms with Crippen LogP contribution in [-0.2, 0) is 7.05 Å². The summed E-state index contributed by atoms with van der Waals surface area (Å²) in [6.45, 7) is 2.06. The zero-order chi connectivity index (χ0) is 17.1. The molecule has 0 aliphatic carbocycles. The number of piperidine rings is 1. The molecule has 1 aliphatic rings. The molecule has 1 saturated heterocycles. The fraction of sp³-hybridized carbons (Fsp3) is 0.500. The number of nitrogens with zero attached hydrogens (tertiary/aromatic N) is 5. The van der Waals surface area contributed by atoms with E-state index in [9.17, 15) is 4.79 Å². The van der Waals surface area contributed by atoms with E-state index in [4.69, 9.17) is 0 Å². The van der Waals surface area contributed by atoms with Gasteiger partial charge in [-0.25, -0.2) is 4.98 Å². The number of carbonyl (C=O) groups is 1. The summed E-state index contributed by atoms with van der Waals surface area (Å²) in [4.78, 5) is 17.8. The lowest BCUT2D eigenvalue weighted by Crippen LogP contribution is -2.27. The molecule has 1 aliphatic heterocycles. The summed E-state index contributed by atoms with van der Waals surface area (Å²) in [5.41, 5.74) is 0.581. The molecule has 1 N–H and O–H groups in total. The first-order valence-electron chi connectivity index (χ1n) is 8.02. The predicted molar refractivity (Wildman–Crippen MR) is 99.5 cm³/mol. The third-order valence-electron chi connectivity index (χ3n) is 4.16. The van der Waals surface area contributed by atoms with Gasteiger partial charge in [0.2, 0.25) is 0 Å². The smallest absolute Gasteiger partial charge is 0.254 e. The molecule has 0 unspecified atom stereocenters. The van der Waals surface area contributed by atoms with Gasteiger partial charge in [0.15, 0.2) is 5.16 Å². The van der Waals surface area contributed by atoms with Crippen molar-refractivity contribution < 1.29 is 4.79 Å². The zero-order valence-corrected chi connectivity index (χ0v) is 16.2. The molecule has 3 rings (SSSR count). The van der Waals surface area contributed by atoms with Crippen molar-refractivity contribution in [1.29, 1.82) is 0 Å². The molecule has 7 nitrogen and oxygen atoms in total. The highest BCUT2D eigenvalue weighted by Crippen LogP contribution is 2.29. The van der Waals surface area contributed by atoms with Crippen LogP contribution in [0.5, 0.6) is 0 Å². The number of nitrogens with one attached hydrogen (secondary N) is 1. The van der Waals surface area contributed by atoms with Crippen molar-refractivity contribution in [2.45, 2.75) is 28.9 Å². The van der Waals surface area contributed by atoms with Gasteiger partial charge in [-0.1, -0.05) is 0 Å². The number of hydrogen-bond donors (Lipinski definition) is 1. The van der Waals surface area contributed by atoms with Gasteiger partial charge in [0, 0.05) is 33.3 Å². The van der Waals surface area contributed by atoms with Crippen molar-refractivity contribution in [2.75, 3.05) is 27.2 Å². The Morgan fingerprint density at radius 1 is 1.28 bits per heavy atom. The zero-order valence-electron chi connectivity index (χ0n) is 14.6. The van der Waals surface area contributed by atoms with Crippen molar-refractivity contribution in [3.63, 3.8) is 0 Å². The summed E-state index contributed by atoms with van der Waals surface area (Å²) in [6.07, 6.45) is 3.79. The Morgan fingerprint density at radius 2 is 2.00 bits per heavy atom. The van der Waals surface area contributed by atoms with Crippen LogP contribution in [0.4, 0.5) is 0 Å². The molecule has 9 heteroatoms. The second kappa shape index (κ2) is 8.64. The molecule has 25 heavy (non-hydrogen) atoms. The highest BCUT2D eigenvalue weighted by atomic mass is 35.5. The highest BCUT2D eigenvalue weighted by Gasteiger charge is 2.22.